The van der Waals surface area contributed by atoms with Gasteiger partial charge >= 0.3 is 0 Å². The number of benzene rings is 2. The van der Waals surface area contributed by atoms with Crippen LogP contribution in [-0.2, 0) is 0 Å². The molecule has 0 fully saturated rings. The highest BCUT2D eigenvalue weighted by molar-refractivity contribution is 6.31. The molecule has 8 heteroatoms. The zero-order valence-corrected chi connectivity index (χ0v) is 14.6. The largest absolute Gasteiger partial charge is 0.497 e. The van der Waals surface area contributed by atoms with E-state index < -0.39 is 11.8 Å². The van der Waals surface area contributed by atoms with Gasteiger partial charge in [-0.25, -0.2) is 0 Å². The number of rotatable bonds is 5. The molecule has 2 aromatic rings. The van der Waals surface area contributed by atoms with Crippen molar-refractivity contribution in [1.29, 1.82) is 0 Å². The lowest BCUT2D eigenvalue weighted by Crippen LogP contribution is -2.41. The number of carbonyl (C=O) groups excluding carboxylic acids is 2. The molecule has 0 spiro atoms. The first-order chi connectivity index (χ1) is 12.0. The van der Waals surface area contributed by atoms with Crippen LogP contribution >= 0.6 is 11.6 Å². The summed E-state index contributed by atoms with van der Waals surface area (Å²) in [5.41, 5.74) is 5.09. The van der Waals surface area contributed by atoms with Gasteiger partial charge in [0.1, 0.15) is 17.2 Å². The number of ether oxygens (including phenoxy) is 3. The molecule has 2 rings (SSSR count). The van der Waals surface area contributed by atoms with E-state index in [4.69, 9.17) is 25.8 Å². The summed E-state index contributed by atoms with van der Waals surface area (Å²) in [5, 5.41) is 0.370. The Labute approximate surface area is 149 Å². The van der Waals surface area contributed by atoms with Crippen LogP contribution in [0.1, 0.15) is 20.7 Å². The second kappa shape index (κ2) is 8.25. The molecule has 0 aromatic heterocycles. The molecular formula is C17H17ClN2O5. The van der Waals surface area contributed by atoms with Gasteiger partial charge in [0.25, 0.3) is 11.8 Å². The SMILES string of the molecule is COc1cc(OC)cc(C(=O)NNC(=O)c2cc(Cl)ccc2OC)c1. The molecule has 0 atom stereocenters. The lowest BCUT2D eigenvalue weighted by atomic mass is 10.2. The van der Waals surface area contributed by atoms with Gasteiger partial charge in [0.2, 0.25) is 0 Å². The van der Waals surface area contributed by atoms with Crippen molar-refractivity contribution < 1.29 is 23.8 Å². The molecule has 0 bridgehead atoms. The molecule has 0 unspecified atom stereocenters. The van der Waals surface area contributed by atoms with Gasteiger partial charge in [0.15, 0.2) is 0 Å². The molecule has 2 amide bonds. The third kappa shape index (κ3) is 4.54. The van der Waals surface area contributed by atoms with Crippen LogP contribution in [0.25, 0.3) is 0 Å². The van der Waals surface area contributed by atoms with Crippen LogP contribution in [0.3, 0.4) is 0 Å². The Morgan fingerprint density at radius 3 is 2.00 bits per heavy atom. The third-order valence-electron chi connectivity index (χ3n) is 3.31. The number of carbonyl (C=O) groups is 2. The molecule has 0 heterocycles. The number of hydrogen-bond donors (Lipinski definition) is 2. The lowest BCUT2D eigenvalue weighted by molar-refractivity contribution is 0.0844. The predicted octanol–water partition coefficient (Wildman–Crippen LogP) is 2.44. The molecule has 0 aliphatic carbocycles. The Bertz CT molecular complexity index is 772. The van der Waals surface area contributed by atoms with Gasteiger partial charge in [-0.1, -0.05) is 11.6 Å². The van der Waals surface area contributed by atoms with E-state index >= 15 is 0 Å². The fourth-order valence-corrected chi connectivity index (χ4v) is 2.22. The van der Waals surface area contributed by atoms with Crippen molar-refractivity contribution in [3.8, 4) is 17.2 Å². The van der Waals surface area contributed by atoms with E-state index in [-0.39, 0.29) is 11.1 Å². The van der Waals surface area contributed by atoms with Crippen molar-refractivity contribution in [2.45, 2.75) is 0 Å². The smallest absolute Gasteiger partial charge is 0.273 e. The highest BCUT2D eigenvalue weighted by atomic mass is 35.5. The average Bonchev–Trinajstić information content (AvgIpc) is 2.65. The second-order valence-corrected chi connectivity index (χ2v) is 5.29. The molecule has 2 N–H and O–H groups in total. The summed E-state index contributed by atoms with van der Waals surface area (Å²) < 4.78 is 15.3. The average molecular weight is 365 g/mol. The minimum Gasteiger partial charge on any atom is -0.497 e. The topological polar surface area (TPSA) is 85.9 Å². The van der Waals surface area contributed by atoms with E-state index in [0.717, 1.165) is 0 Å². The van der Waals surface area contributed by atoms with Crippen LogP contribution in [0, 0.1) is 0 Å². The van der Waals surface area contributed by atoms with E-state index in [1.807, 2.05) is 0 Å². The van der Waals surface area contributed by atoms with Crippen molar-refractivity contribution in [2.24, 2.45) is 0 Å². The molecule has 0 saturated heterocycles. The maximum Gasteiger partial charge on any atom is 0.273 e. The maximum atomic E-state index is 12.2. The normalized spacial score (nSPS) is 9.92. The summed E-state index contributed by atoms with van der Waals surface area (Å²) >= 11 is 5.89. The van der Waals surface area contributed by atoms with Crippen LogP contribution in [0.2, 0.25) is 5.02 Å². The highest BCUT2D eigenvalue weighted by Gasteiger charge is 2.15. The summed E-state index contributed by atoms with van der Waals surface area (Å²) in [5.74, 6) is 0.132. The number of nitrogens with one attached hydrogen (secondary N) is 2. The molecular weight excluding hydrogens is 348 g/mol. The van der Waals surface area contributed by atoms with Crippen molar-refractivity contribution >= 4 is 23.4 Å². The van der Waals surface area contributed by atoms with Crippen molar-refractivity contribution in [1.82, 2.24) is 10.9 Å². The van der Waals surface area contributed by atoms with Gasteiger partial charge in [0.05, 0.1) is 26.9 Å². The number of hydrazine groups is 1. The van der Waals surface area contributed by atoms with Gasteiger partial charge in [-0.05, 0) is 30.3 Å². The molecule has 25 heavy (non-hydrogen) atoms. The van der Waals surface area contributed by atoms with E-state index in [1.165, 1.54) is 39.5 Å². The molecule has 0 saturated carbocycles. The first-order valence-electron chi connectivity index (χ1n) is 7.15. The van der Waals surface area contributed by atoms with E-state index in [0.29, 0.717) is 22.3 Å². The summed E-state index contributed by atoms with van der Waals surface area (Å²) in [4.78, 5) is 24.5. The van der Waals surface area contributed by atoms with Gasteiger partial charge in [-0.15, -0.1) is 0 Å². The minimum atomic E-state index is -0.567. The molecule has 2 aromatic carbocycles. The Hall–Kier alpha value is -2.93. The van der Waals surface area contributed by atoms with Gasteiger partial charge in [0, 0.05) is 16.7 Å². The summed E-state index contributed by atoms with van der Waals surface area (Å²) in [7, 11) is 4.38. The Morgan fingerprint density at radius 1 is 0.840 bits per heavy atom. The van der Waals surface area contributed by atoms with Crippen LogP contribution in [0.4, 0.5) is 0 Å². The van der Waals surface area contributed by atoms with Gasteiger partial charge in [-0.3, -0.25) is 20.4 Å². The maximum absolute atomic E-state index is 12.2. The second-order valence-electron chi connectivity index (χ2n) is 4.85. The van der Waals surface area contributed by atoms with Crippen LogP contribution in [0.5, 0.6) is 17.2 Å². The molecule has 0 aliphatic heterocycles. The van der Waals surface area contributed by atoms with Crippen molar-refractivity contribution in [3.05, 3.63) is 52.5 Å². The fraction of sp³-hybridized carbons (Fsp3) is 0.176. The number of methoxy groups -OCH3 is 3. The standard InChI is InChI=1S/C17H17ClN2O5/c1-23-12-6-10(7-13(9-12)24-2)16(21)19-20-17(22)14-8-11(18)4-5-15(14)25-3/h4-9H,1-3H3,(H,19,21)(H,20,22). The first-order valence-corrected chi connectivity index (χ1v) is 7.53. The van der Waals surface area contributed by atoms with Gasteiger partial charge < -0.3 is 14.2 Å². The van der Waals surface area contributed by atoms with E-state index in [1.54, 1.807) is 18.2 Å². The van der Waals surface area contributed by atoms with E-state index in [2.05, 4.69) is 10.9 Å². The Kier molecular flexibility index (Phi) is 6.08. The Morgan fingerprint density at radius 2 is 1.44 bits per heavy atom. The molecule has 0 radical (unpaired) electrons. The lowest BCUT2D eigenvalue weighted by Gasteiger charge is -2.12. The monoisotopic (exact) mass is 364 g/mol. The van der Waals surface area contributed by atoms with Crippen LogP contribution in [0.15, 0.2) is 36.4 Å². The number of hydrogen-bond acceptors (Lipinski definition) is 5. The molecule has 0 aliphatic rings. The summed E-state index contributed by atoms with van der Waals surface area (Å²) in [6.07, 6.45) is 0. The van der Waals surface area contributed by atoms with Crippen molar-refractivity contribution in [2.75, 3.05) is 21.3 Å². The predicted molar refractivity (Wildman–Crippen MR) is 92.5 cm³/mol. The minimum absolute atomic E-state index is 0.193. The van der Waals surface area contributed by atoms with Crippen LogP contribution < -0.4 is 25.1 Å². The number of amides is 2. The zero-order valence-electron chi connectivity index (χ0n) is 13.9. The van der Waals surface area contributed by atoms with Gasteiger partial charge in [-0.2, -0.15) is 0 Å². The highest BCUT2D eigenvalue weighted by Crippen LogP contribution is 2.23. The summed E-state index contributed by atoms with van der Waals surface area (Å²) in [6.45, 7) is 0. The van der Waals surface area contributed by atoms with Crippen LogP contribution in [-0.4, -0.2) is 33.1 Å². The first kappa shape index (κ1) is 18.4. The fourth-order valence-electron chi connectivity index (χ4n) is 2.05. The molecule has 7 nitrogen and oxygen atoms in total. The Balaban J connectivity index is 2.12. The zero-order chi connectivity index (χ0) is 18.4. The summed E-state index contributed by atoms with van der Waals surface area (Å²) in [6, 6.07) is 9.26. The van der Waals surface area contributed by atoms with E-state index in [9.17, 15) is 9.59 Å². The quantitative estimate of drug-likeness (QED) is 0.796. The molecule has 132 valence electrons. The number of halogens is 1. The third-order valence-corrected chi connectivity index (χ3v) is 3.54. The van der Waals surface area contributed by atoms with Crippen molar-refractivity contribution in [3.63, 3.8) is 0 Å².